The zero-order chi connectivity index (χ0) is 14.1. The predicted molar refractivity (Wildman–Crippen MR) is 82.2 cm³/mol. The summed E-state index contributed by atoms with van der Waals surface area (Å²) >= 11 is 0. The van der Waals surface area contributed by atoms with Gasteiger partial charge >= 0.3 is 0 Å². The number of quaternary nitrogens is 1. The summed E-state index contributed by atoms with van der Waals surface area (Å²) in [7, 11) is 0. The summed E-state index contributed by atoms with van der Waals surface area (Å²) in [4.78, 5) is 1.70. The number of aryl methyl sites for hydroxylation is 2. The van der Waals surface area contributed by atoms with E-state index in [0.717, 1.165) is 18.8 Å². The maximum atomic E-state index is 5.92. The molecule has 0 aliphatic carbocycles. The summed E-state index contributed by atoms with van der Waals surface area (Å²) in [5.74, 6) is 1.08. The van der Waals surface area contributed by atoms with Crippen LogP contribution in [0, 0.1) is 13.8 Å². The normalized spacial score (nSPS) is 11.0. The van der Waals surface area contributed by atoms with Crippen molar-refractivity contribution in [2.75, 3.05) is 26.2 Å². The van der Waals surface area contributed by atoms with E-state index in [4.69, 9.17) is 4.74 Å². The van der Waals surface area contributed by atoms with Crippen LogP contribution in [0.3, 0.4) is 0 Å². The van der Waals surface area contributed by atoms with Crippen molar-refractivity contribution in [1.29, 1.82) is 0 Å². The second kappa shape index (κ2) is 8.98. The summed E-state index contributed by atoms with van der Waals surface area (Å²) in [6.07, 6.45) is 3.75. The molecule has 1 N–H and O–H groups in total. The van der Waals surface area contributed by atoms with Gasteiger partial charge in [-0.05, 0) is 58.1 Å². The Morgan fingerprint density at radius 2 is 1.58 bits per heavy atom. The zero-order valence-electron chi connectivity index (χ0n) is 13.1. The lowest BCUT2D eigenvalue weighted by Gasteiger charge is -2.15. The average molecular weight is 264 g/mol. The second-order valence-electron chi connectivity index (χ2n) is 5.34. The van der Waals surface area contributed by atoms with Gasteiger partial charge in [0.2, 0.25) is 0 Å². The molecule has 0 bridgehead atoms. The quantitative estimate of drug-likeness (QED) is 0.677. The van der Waals surface area contributed by atoms with Gasteiger partial charge in [0, 0.05) is 0 Å². The first kappa shape index (κ1) is 16.0. The number of unbranched alkanes of at least 4 members (excludes halogenated alkanes) is 2. The van der Waals surface area contributed by atoms with Crippen molar-refractivity contribution in [3.8, 4) is 5.75 Å². The fourth-order valence-electron chi connectivity index (χ4n) is 2.46. The van der Waals surface area contributed by atoms with Crippen molar-refractivity contribution >= 4 is 0 Å². The molecular formula is C17H30NO+. The minimum absolute atomic E-state index is 0.847. The number of para-hydroxylation sites is 1. The first-order valence-corrected chi connectivity index (χ1v) is 7.71. The number of benzene rings is 1. The summed E-state index contributed by atoms with van der Waals surface area (Å²) in [6.45, 7) is 13.4. The molecule has 0 radical (unpaired) electrons. The van der Waals surface area contributed by atoms with Crippen molar-refractivity contribution < 1.29 is 9.64 Å². The molecule has 0 atom stereocenters. The highest BCUT2D eigenvalue weighted by molar-refractivity contribution is 5.39. The van der Waals surface area contributed by atoms with Crippen LogP contribution in [0.15, 0.2) is 18.2 Å². The molecule has 0 amide bonds. The van der Waals surface area contributed by atoms with Crippen LogP contribution in [0.2, 0.25) is 0 Å². The molecule has 0 heterocycles. The Morgan fingerprint density at radius 3 is 2.16 bits per heavy atom. The summed E-state index contributed by atoms with van der Waals surface area (Å²) in [6, 6.07) is 6.32. The van der Waals surface area contributed by atoms with Gasteiger partial charge in [0.05, 0.1) is 26.2 Å². The Labute approximate surface area is 118 Å². The lowest BCUT2D eigenvalue weighted by Crippen LogP contribution is -3.11. The van der Waals surface area contributed by atoms with Gasteiger partial charge in [-0.25, -0.2) is 0 Å². The Kier molecular flexibility index (Phi) is 7.57. The molecule has 19 heavy (non-hydrogen) atoms. The monoisotopic (exact) mass is 264 g/mol. The highest BCUT2D eigenvalue weighted by atomic mass is 16.5. The molecule has 0 fully saturated rings. The van der Waals surface area contributed by atoms with Gasteiger partial charge in [-0.15, -0.1) is 0 Å². The van der Waals surface area contributed by atoms with Crippen molar-refractivity contribution in [1.82, 2.24) is 0 Å². The fraction of sp³-hybridized carbons (Fsp3) is 0.647. The van der Waals surface area contributed by atoms with Crippen LogP contribution in [-0.4, -0.2) is 26.2 Å². The Morgan fingerprint density at radius 1 is 0.947 bits per heavy atom. The van der Waals surface area contributed by atoms with Crippen LogP contribution in [0.5, 0.6) is 5.75 Å². The molecule has 0 aromatic heterocycles. The molecule has 1 aromatic carbocycles. The third-order valence-electron chi connectivity index (χ3n) is 3.83. The van der Waals surface area contributed by atoms with Gasteiger partial charge in [-0.1, -0.05) is 18.2 Å². The van der Waals surface area contributed by atoms with E-state index in [2.05, 4.69) is 45.9 Å². The molecule has 2 nitrogen and oxygen atoms in total. The van der Waals surface area contributed by atoms with Gasteiger partial charge in [0.1, 0.15) is 5.75 Å². The van der Waals surface area contributed by atoms with E-state index in [0.29, 0.717) is 0 Å². The predicted octanol–water partition coefficient (Wildman–Crippen LogP) is 2.78. The lowest BCUT2D eigenvalue weighted by atomic mass is 10.1. The van der Waals surface area contributed by atoms with Crippen LogP contribution in [-0.2, 0) is 0 Å². The van der Waals surface area contributed by atoms with Crippen molar-refractivity contribution in [2.24, 2.45) is 0 Å². The molecule has 0 saturated carbocycles. The molecular weight excluding hydrogens is 234 g/mol. The largest absolute Gasteiger partial charge is 0.493 e. The van der Waals surface area contributed by atoms with E-state index in [-0.39, 0.29) is 0 Å². The van der Waals surface area contributed by atoms with Gasteiger partial charge < -0.3 is 9.64 Å². The van der Waals surface area contributed by atoms with Crippen LogP contribution in [0.4, 0.5) is 0 Å². The average Bonchev–Trinajstić information content (AvgIpc) is 2.41. The highest BCUT2D eigenvalue weighted by Crippen LogP contribution is 2.22. The Balaban J connectivity index is 2.17. The van der Waals surface area contributed by atoms with Crippen LogP contribution in [0.1, 0.15) is 44.2 Å². The lowest BCUT2D eigenvalue weighted by molar-refractivity contribution is -0.896. The van der Waals surface area contributed by atoms with E-state index in [1.807, 2.05) is 0 Å². The first-order chi connectivity index (χ1) is 9.19. The molecule has 0 aliphatic heterocycles. The Hall–Kier alpha value is -1.02. The van der Waals surface area contributed by atoms with E-state index in [1.165, 1.54) is 43.6 Å². The summed E-state index contributed by atoms with van der Waals surface area (Å²) in [5, 5.41) is 0. The molecule has 2 heteroatoms. The zero-order valence-corrected chi connectivity index (χ0v) is 13.1. The third-order valence-corrected chi connectivity index (χ3v) is 3.83. The Bertz CT molecular complexity index is 338. The number of hydrogen-bond acceptors (Lipinski definition) is 1. The molecule has 0 saturated heterocycles. The van der Waals surface area contributed by atoms with E-state index >= 15 is 0 Å². The maximum Gasteiger partial charge on any atom is 0.125 e. The van der Waals surface area contributed by atoms with Gasteiger partial charge in [0.15, 0.2) is 0 Å². The van der Waals surface area contributed by atoms with Gasteiger partial charge in [0.25, 0.3) is 0 Å². The standard InChI is InChI=1S/C17H29NO/c1-5-18(6-2)13-8-7-9-14-19-17-15(3)11-10-12-16(17)4/h10-12H,5-9,13-14H2,1-4H3/p+1. The molecule has 1 aromatic rings. The van der Waals surface area contributed by atoms with E-state index in [9.17, 15) is 0 Å². The van der Waals surface area contributed by atoms with Gasteiger partial charge in [-0.3, -0.25) is 0 Å². The van der Waals surface area contributed by atoms with E-state index in [1.54, 1.807) is 4.90 Å². The van der Waals surface area contributed by atoms with Crippen molar-refractivity contribution in [3.63, 3.8) is 0 Å². The summed E-state index contributed by atoms with van der Waals surface area (Å²) in [5.41, 5.74) is 2.49. The third kappa shape index (κ3) is 5.65. The first-order valence-electron chi connectivity index (χ1n) is 7.71. The van der Waals surface area contributed by atoms with Crippen molar-refractivity contribution in [2.45, 2.75) is 47.0 Å². The molecule has 0 spiro atoms. The van der Waals surface area contributed by atoms with Crippen LogP contribution in [0.25, 0.3) is 0 Å². The second-order valence-corrected chi connectivity index (χ2v) is 5.34. The van der Waals surface area contributed by atoms with E-state index < -0.39 is 0 Å². The summed E-state index contributed by atoms with van der Waals surface area (Å²) < 4.78 is 5.92. The smallest absolute Gasteiger partial charge is 0.125 e. The molecule has 108 valence electrons. The number of ether oxygens (including phenoxy) is 1. The van der Waals surface area contributed by atoms with Crippen molar-refractivity contribution in [3.05, 3.63) is 29.3 Å². The topological polar surface area (TPSA) is 13.7 Å². The van der Waals surface area contributed by atoms with Crippen LogP contribution >= 0.6 is 0 Å². The number of hydrogen-bond donors (Lipinski definition) is 1. The molecule has 1 rings (SSSR count). The molecule has 0 aliphatic rings. The van der Waals surface area contributed by atoms with Gasteiger partial charge in [-0.2, -0.15) is 0 Å². The number of nitrogens with one attached hydrogen (secondary N) is 1. The minimum atomic E-state index is 0.847. The highest BCUT2D eigenvalue weighted by Gasteiger charge is 2.04. The molecule has 0 unspecified atom stereocenters. The van der Waals surface area contributed by atoms with Crippen LogP contribution < -0.4 is 9.64 Å². The fourth-order valence-corrected chi connectivity index (χ4v) is 2.46. The maximum absolute atomic E-state index is 5.92. The number of rotatable bonds is 9. The minimum Gasteiger partial charge on any atom is -0.493 e. The SMILES string of the molecule is CC[NH+](CC)CCCCCOc1c(C)cccc1C.